The summed E-state index contributed by atoms with van der Waals surface area (Å²) >= 11 is 0. The van der Waals surface area contributed by atoms with Crippen LogP contribution in [0.25, 0.3) is 0 Å². The van der Waals surface area contributed by atoms with E-state index >= 15 is 0 Å². The van der Waals surface area contributed by atoms with Crippen LogP contribution in [0.15, 0.2) is 24.3 Å². The summed E-state index contributed by atoms with van der Waals surface area (Å²) in [4.78, 5) is 0. The molecule has 5 nitrogen and oxygen atoms in total. The van der Waals surface area contributed by atoms with Crippen molar-refractivity contribution >= 4 is 10.0 Å². The average Bonchev–Trinajstić information content (AvgIpc) is 2.38. The molecule has 0 amide bonds. The average molecular weight is 284 g/mol. The number of sulfonamides is 1. The molecule has 1 N–H and O–H groups in total. The first-order valence-electron chi connectivity index (χ1n) is 6.36. The van der Waals surface area contributed by atoms with E-state index < -0.39 is 10.0 Å². The standard InChI is InChI=1S/C13H20N2O3S/c1-15(2)19(16,17)10-8-14-12-7-9-18-13-6-4-3-5-11(12)13/h3-6,12,14H,7-10H2,1-2H3. The molecule has 0 fully saturated rings. The third-order valence-corrected chi connectivity index (χ3v) is 5.10. The van der Waals surface area contributed by atoms with Crippen LogP contribution in [0.1, 0.15) is 18.0 Å². The summed E-state index contributed by atoms with van der Waals surface area (Å²) in [7, 11) is -0.0275. The van der Waals surface area contributed by atoms with E-state index in [0.29, 0.717) is 13.2 Å². The molecular weight excluding hydrogens is 264 g/mol. The minimum atomic E-state index is -3.14. The molecule has 1 aliphatic heterocycles. The van der Waals surface area contributed by atoms with E-state index in [0.717, 1.165) is 17.7 Å². The lowest BCUT2D eigenvalue weighted by atomic mass is 10.0. The third-order valence-electron chi connectivity index (χ3n) is 3.27. The molecule has 1 aliphatic rings. The Bertz CT molecular complexity index is 528. The molecule has 0 saturated carbocycles. The van der Waals surface area contributed by atoms with E-state index in [1.54, 1.807) is 14.1 Å². The Kier molecular flexibility index (Phi) is 4.44. The molecule has 106 valence electrons. The first-order valence-corrected chi connectivity index (χ1v) is 7.97. The van der Waals surface area contributed by atoms with Gasteiger partial charge in [-0.25, -0.2) is 12.7 Å². The van der Waals surface area contributed by atoms with Crippen LogP contribution in [0.5, 0.6) is 5.75 Å². The Labute approximate surface area is 114 Å². The summed E-state index contributed by atoms with van der Waals surface area (Å²) < 4.78 is 30.2. The number of hydrogen-bond acceptors (Lipinski definition) is 4. The van der Waals surface area contributed by atoms with Gasteiger partial charge >= 0.3 is 0 Å². The first kappa shape index (κ1) is 14.3. The van der Waals surface area contributed by atoms with Gasteiger partial charge in [-0.1, -0.05) is 18.2 Å². The summed E-state index contributed by atoms with van der Waals surface area (Å²) in [6.45, 7) is 1.11. The van der Waals surface area contributed by atoms with Gasteiger partial charge in [0.1, 0.15) is 5.75 Å². The van der Waals surface area contributed by atoms with Gasteiger partial charge < -0.3 is 10.1 Å². The number of ether oxygens (including phenoxy) is 1. The number of nitrogens with zero attached hydrogens (tertiary/aromatic N) is 1. The maximum atomic E-state index is 11.7. The fraction of sp³-hybridized carbons (Fsp3) is 0.538. The van der Waals surface area contributed by atoms with E-state index in [2.05, 4.69) is 5.32 Å². The number of fused-ring (bicyclic) bond motifs is 1. The first-order chi connectivity index (χ1) is 9.00. The lowest BCUT2D eigenvalue weighted by molar-refractivity contribution is 0.254. The number of rotatable bonds is 5. The highest BCUT2D eigenvalue weighted by Crippen LogP contribution is 2.31. The molecule has 1 unspecified atom stereocenters. The highest BCUT2D eigenvalue weighted by atomic mass is 32.2. The van der Waals surface area contributed by atoms with Crippen molar-refractivity contribution in [3.8, 4) is 5.75 Å². The zero-order chi connectivity index (χ0) is 13.9. The Morgan fingerprint density at radius 2 is 2.11 bits per heavy atom. The molecule has 0 bridgehead atoms. The van der Waals surface area contributed by atoms with Crippen molar-refractivity contribution in [1.82, 2.24) is 9.62 Å². The molecule has 6 heteroatoms. The predicted octanol–water partition coefficient (Wildman–Crippen LogP) is 0.991. The van der Waals surface area contributed by atoms with Crippen LogP contribution >= 0.6 is 0 Å². The SMILES string of the molecule is CN(C)S(=O)(=O)CCNC1CCOc2ccccc21. The Morgan fingerprint density at radius 3 is 2.84 bits per heavy atom. The van der Waals surface area contributed by atoms with Crippen LogP contribution in [0.3, 0.4) is 0 Å². The van der Waals surface area contributed by atoms with Crippen molar-refractivity contribution in [1.29, 1.82) is 0 Å². The van der Waals surface area contributed by atoms with Gasteiger partial charge in [-0.3, -0.25) is 0 Å². The largest absolute Gasteiger partial charge is 0.493 e. The van der Waals surface area contributed by atoms with E-state index in [1.165, 1.54) is 4.31 Å². The summed E-state index contributed by atoms with van der Waals surface area (Å²) in [5.41, 5.74) is 1.11. The molecule has 0 saturated heterocycles. The number of hydrogen-bond donors (Lipinski definition) is 1. The smallest absolute Gasteiger partial charge is 0.214 e. The van der Waals surface area contributed by atoms with Crippen LogP contribution in [0.4, 0.5) is 0 Å². The fourth-order valence-electron chi connectivity index (χ4n) is 2.10. The topological polar surface area (TPSA) is 58.6 Å². The van der Waals surface area contributed by atoms with Gasteiger partial charge in [0.2, 0.25) is 10.0 Å². The number of benzene rings is 1. The van der Waals surface area contributed by atoms with Gasteiger partial charge in [0.25, 0.3) is 0 Å². The maximum Gasteiger partial charge on any atom is 0.214 e. The molecule has 1 aromatic rings. The van der Waals surface area contributed by atoms with Gasteiger partial charge in [0, 0.05) is 38.7 Å². The summed E-state index contributed by atoms with van der Waals surface area (Å²) in [6, 6.07) is 8.05. The van der Waals surface area contributed by atoms with E-state index in [9.17, 15) is 8.42 Å². The molecular formula is C13H20N2O3S. The van der Waals surface area contributed by atoms with Crippen LogP contribution in [-0.4, -0.2) is 45.7 Å². The number of para-hydroxylation sites is 1. The van der Waals surface area contributed by atoms with Crippen LogP contribution < -0.4 is 10.1 Å². The monoisotopic (exact) mass is 284 g/mol. The molecule has 0 spiro atoms. The van der Waals surface area contributed by atoms with Crippen molar-refractivity contribution in [3.05, 3.63) is 29.8 Å². The Balaban J connectivity index is 1.95. The quantitative estimate of drug-likeness (QED) is 0.876. The van der Waals surface area contributed by atoms with Gasteiger partial charge in [-0.05, 0) is 6.07 Å². The Morgan fingerprint density at radius 1 is 1.37 bits per heavy atom. The second-order valence-corrected chi connectivity index (χ2v) is 7.08. The van der Waals surface area contributed by atoms with Crippen molar-refractivity contribution in [3.63, 3.8) is 0 Å². The molecule has 1 aromatic carbocycles. The zero-order valence-electron chi connectivity index (χ0n) is 11.3. The molecule has 1 atom stereocenters. The molecule has 19 heavy (non-hydrogen) atoms. The van der Waals surface area contributed by atoms with Crippen molar-refractivity contribution in [2.75, 3.05) is 33.0 Å². The van der Waals surface area contributed by atoms with Gasteiger partial charge in [0.15, 0.2) is 0 Å². The van der Waals surface area contributed by atoms with Crippen LogP contribution in [-0.2, 0) is 10.0 Å². The van der Waals surface area contributed by atoms with E-state index in [1.807, 2.05) is 24.3 Å². The summed E-state index contributed by atoms with van der Waals surface area (Å²) in [6.07, 6.45) is 0.860. The highest BCUT2D eigenvalue weighted by Gasteiger charge is 2.21. The van der Waals surface area contributed by atoms with Crippen molar-refractivity contribution in [2.24, 2.45) is 0 Å². The lowest BCUT2D eigenvalue weighted by Crippen LogP contribution is -2.34. The van der Waals surface area contributed by atoms with Gasteiger partial charge in [-0.2, -0.15) is 0 Å². The second-order valence-electron chi connectivity index (χ2n) is 4.78. The molecule has 0 aliphatic carbocycles. The maximum absolute atomic E-state index is 11.7. The number of nitrogens with one attached hydrogen (secondary N) is 1. The second kappa shape index (κ2) is 5.90. The lowest BCUT2D eigenvalue weighted by Gasteiger charge is -2.26. The fourth-order valence-corrected chi connectivity index (χ4v) is 2.84. The third kappa shape index (κ3) is 3.46. The highest BCUT2D eigenvalue weighted by molar-refractivity contribution is 7.89. The Hall–Kier alpha value is -1.11. The molecule has 0 aromatic heterocycles. The van der Waals surface area contributed by atoms with Crippen molar-refractivity contribution in [2.45, 2.75) is 12.5 Å². The summed E-state index contributed by atoms with van der Waals surface area (Å²) in [5.74, 6) is 1.00. The van der Waals surface area contributed by atoms with E-state index in [4.69, 9.17) is 4.74 Å². The molecule has 1 heterocycles. The van der Waals surface area contributed by atoms with E-state index in [-0.39, 0.29) is 11.8 Å². The van der Waals surface area contributed by atoms with Crippen molar-refractivity contribution < 1.29 is 13.2 Å². The summed E-state index contributed by atoms with van der Waals surface area (Å²) in [5, 5.41) is 3.30. The minimum absolute atomic E-state index is 0.111. The molecule has 2 rings (SSSR count). The van der Waals surface area contributed by atoms with Gasteiger partial charge in [-0.15, -0.1) is 0 Å². The molecule has 0 radical (unpaired) electrons. The predicted molar refractivity (Wildman–Crippen MR) is 74.8 cm³/mol. The van der Waals surface area contributed by atoms with Crippen LogP contribution in [0.2, 0.25) is 0 Å². The van der Waals surface area contributed by atoms with Crippen LogP contribution in [0, 0.1) is 0 Å². The van der Waals surface area contributed by atoms with Gasteiger partial charge in [0.05, 0.1) is 12.4 Å². The zero-order valence-corrected chi connectivity index (χ0v) is 12.1. The minimum Gasteiger partial charge on any atom is -0.493 e. The normalized spacial score (nSPS) is 19.0.